The van der Waals surface area contributed by atoms with Crippen LogP contribution in [0.5, 0.6) is 0 Å². The van der Waals surface area contributed by atoms with E-state index in [0.29, 0.717) is 5.56 Å². The van der Waals surface area contributed by atoms with Gasteiger partial charge in [0.05, 0.1) is 0 Å². The number of halogens is 1. The summed E-state index contributed by atoms with van der Waals surface area (Å²) in [5.41, 5.74) is 3.40. The summed E-state index contributed by atoms with van der Waals surface area (Å²) in [7, 11) is 0. The first kappa shape index (κ1) is 13.9. The molecule has 3 heteroatoms. The van der Waals surface area contributed by atoms with Gasteiger partial charge in [-0.2, -0.15) is 0 Å². The Balaban J connectivity index is 0.00000133. The van der Waals surface area contributed by atoms with E-state index < -0.39 is 0 Å². The summed E-state index contributed by atoms with van der Waals surface area (Å²) >= 11 is 0. The minimum atomic E-state index is -0.230. The average molecular weight is 431 g/mol. The second-order valence-electron chi connectivity index (χ2n) is 4.26. The van der Waals surface area contributed by atoms with Crippen LogP contribution in [0.25, 0.3) is 22.0 Å². The molecule has 0 bridgehead atoms. The number of nitrogens with zero attached hydrogens (tertiary/aromatic N) is 1. The summed E-state index contributed by atoms with van der Waals surface area (Å²) in [4.78, 5) is 4.40. The molecule has 0 atom stereocenters. The van der Waals surface area contributed by atoms with Crippen molar-refractivity contribution in [3.8, 4) is 11.1 Å². The van der Waals surface area contributed by atoms with E-state index >= 15 is 0 Å². The van der Waals surface area contributed by atoms with Gasteiger partial charge in [0, 0.05) is 38.6 Å². The molecule has 0 saturated heterocycles. The van der Waals surface area contributed by atoms with Crippen LogP contribution in [0.4, 0.5) is 4.39 Å². The van der Waals surface area contributed by atoms with Crippen molar-refractivity contribution >= 4 is 10.9 Å². The predicted molar refractivity (Wildman–Crippen MR) is 70.7 cm³/mol. The van der Waals surface area contributed by atoms with Crippen LogP contribution >= 0.6 is 0 Å². The first-order valence-electron chi connectivity index (χ1n) is 5.77. The van der Waals surface area contributed by atoms with Gasteiger partial charge in [0.1, 0.15) is 0 Å². The second-order valence-corrected chi connectivity index (χ2v) is 4.26. The number of hydrogen-bond donors (Lipinski definition) is 0. The van der Waals surface area contributed by atoms with Gasteiger partial charge in [0.15, 0.2) is 0 Å². The number of rotatable bonds is 1. The largest absolute Gasteiger partial charge is 0.266 e. The Kier molecular flexibility index (Phi) is 4.11. The van der Waals surface area contributed by atoms with Gasteiger partial charge in [-0.3, -0.25) is 9.37 Å². The molecule has 0 N–H and O–H groups in total. The van der Waals surface area contributed by atoms with Gasteiger partial charge in [-0.25, -0.2) is 0 Å². The van der Waals surface area contributed by atoms with Crippen molar-refractivity contribution in [3.05, 3.63) is 66.1 Å². The number of aryl methyl sites for hydroxylation is 1. The molecule has 1 aromatic heterocycles. The minimum absolute atomic E-state index is 0. The molecule has 0 saturated carbocycles. The third-order valence-corrected chi connectivity index (χ3v) is 3.01. The molecule has 0 spiro atoms. The van der Waals surface area contributed by atoms with Crippen LogP contribution in [0, 0.1) is 18.8 Å². The van der Waals surface area contributed by atoms with E-state index in [2.05, 4.69) is 11.1 Å². The van der Waals surface area contributed by atoms with Crippen molar-refractivity contribution in [2.75, 3.05) is 0 Å². The average Bonchev–Trinajstić information content (AvgIpc) is 2.41. The third-order valence-electron chi connectivity index (χ3n) is 3.01. The second kappa shape index (κ2) is 5.62. The molecule has 2 aromatic carbocycles. The number of hydrogen-bond acceptors (Lipinski definition) is 1. The van der Waals surface area contributed by atoms with Gasteiger partial charge in [0.2, 0.25) is 0 Å². The van der Waals surface area contributed by atoms with Crippen molar-refractivity contribution in [1.29, 1.82) is 0 Å². The minimum Gasteiger partial charge on any atom is -0.266 e. The summed E-state index contributed by atoms with van der Waals surface area (Å²) < 4.78 is 13.3. The van der Waals surface area contributed by atoms with Crippen LogP contribution in [0.2, 0.25) is 0 Å². The summed E-state index contributed by atoms with van der Waals surface area (Å²) in [6, 6.07) is 16.1. The first-order chi connectivity index (χ1) is 8.75. The van der Waals surface area contributed by atoms with Crippen molar-refractivity contribution in [3.63, 3.8) is 0 Å². The number of aromatic nitrogens is 1. The van der Waals surface area contributed by atoms with Crippen LogP contribution in [-0.2, 0) is 21.1 Å². The van der Waals surface area contributed by atoms with Crippen LogP contribution in [0.15, 0.2) is 48.7 Å². The van der Waals surface area contributed by atoms with E-state index in [1.807, 2.05) is 30.3 Å². The molecule has 0 fully saturated rings. The van der Waals surface area contributed by atoms with Gasteiger partial charge in [-0.15, -0.1) is 23.8 Å². The number of para-hydroxylation sites is 1. The zero-order valence-corrected chi connectivity index (χ0v) is 12.5. The molecule has 0 amide bonds. The Morgan fingerprint density at radius 1 is 1.16 bits per heavy atom. The standard InChI is InChI=1S/C16H11FN.Pt/c1-11-10-13(7-8-15(11)17)14-6-2-4-12-5-3-9-18-16(12)14;/h2-6,8-10H,1H3;/q-1;. The van der Waals surface area contributed by atoms with Gasteiger partial charge in [-0.1, -0.05) is 42.3 Å². The van der Waals surface area contributed by atoms with Crippen molar-refractivity contribution in [1.82, 2.24) is 4.98 Å². The van der Waals surface area contributed by atoms with Crippen LogP contribution in [0.1, 0.15) is 5.56 Å². The van der Waals surface area contributed by atoms with E-state index in [0.717, 1.165) is 22.0 Å². The predicted octanol–water partition coefficient (Wildman–Crippen LogP) is 4.15. The summed E-state index contributed by atoms with van der Waals surface area (Å²) in [6.07, 6.45) is 1.77. The van der Waals surface area contributed by atoms with Gasteiger partial charge < -0.3 is 0 Å². The zero-order chi connectivity index (χ0) is 12.5. The van der Waals surface area contributed by atoms with Crippen LogP contribution < -0.4 is 0 Å². The third kappa shape index (κ3) is 2.59. The SMILES string of the molecule is Cc1cc(-c2cccc3cccnc23)[c-]cc1F.[Pt]. The Hall–Kier alpha value is -1.53. The Morgan fingerprint density at radius 3 is 2.74 bits per heavy atom. The normalized spacial score (nSPS) is 10.2. The molecule has 0 aliphatic heterocycles. The van der Waals surface area contributed by atoms with E-state index in [1.54, 1.807) is 19.2 Å². The summed E-state index contributed by atoms with van der Waals surface area (Å²) in [5, 5.41) is 1.07. The Morgan fingerprint density at radius 2 is 1.95 bits per heavy atom. The molecule has 1 nitrogen and oxygen atoms in total. The van der Waals surface area contributed by atoms with Crippen molar-refractivity contribution in [2.24, 2.45) is 0 Å². The van der Waals surface area contributed by atoms with Gasteiger partial charge >= 0.3 is 0 Å². The molecule has 3 rings (SSSR count). The molecule has 98 valence electrons. The fourth-order valence-electron chi connectivity index (χ4n) is 2.06. The molecule has 0 radical (unpaired) electrons. The quantitative estimate of drug-likeness (QED) is 0.528. The molecular formula is C16H11FNPt-. The van der Waals surface area contributed by atoms with E-state index in [-0.39, 0.29) is 26.9 Å². The van der Waals surface area contributed by atoms with Gasteiger partial charge in [-0.05, 0) is 11.5 Å². The molecule has 1 heterocycles. The summed E-state index contributed by atoms with van der Waals surface area (Å²) in [5.74, 6) is -0.230. The maximum Gasteiger partial charge on any atom is 0.0408 e. The zero-order valence-electron chi connectivity index (χ0n) is 10.3. The molecule has 0 unspecified atom stereocenters. The monoisotopic (exact) mass is 431 g/mol. The maximum absolute atomic E-state index is 13.3. The fraction of sp³-hybridized carbons (Fsp3) is 0.0625. The maximum atomic E-state index is 13.3. The summed E-state index contributed by atoms with van der Waals surface area (Å²) in [6.45, 7) is 1.76. The van der Waals surface area contributed by atoms with E-state index in [4.69, 9.17) is 0 Å². The Bertz CT molecular complexity index is 720. The fourth-order valence-corrected chi connectivity index (χ4v) is 2.06. The molecular weight excluding hydrogens is 420 g/mol. The smallest absolute Gasteiger partial charge is 0.0408 e. The molecule has 3 aromatic rings. The molecule has 0 aliphatic rings. The van der Waals surface area contributed by atoms with Crippen LogP contribution in [-0.4, -0.2) is 4.98 Å². The Labute approximate surface area is 125 Å². The van der Waals surface area contributed by atoms with Gasteiger partial charge in [0.25, 0.3) is 0 Å². The molecule has 19 heavy (non-hydrogen) atoms. The van der Waals surface area contributed by atoms with E-state index in [1.165, 1.54) is 6.07 Å². The topological polar surface area (TPSA) is 12.9 Å². The number of pyridine rings is 1. The van der Waals surface area contributed by atoms with Crippen LogP contribution in [0.3, 0.4) is 0 Å². The van der Waals surface area contributed by atoms with Crippen molar-refractivity contribution < 1.29 is 25.5 Å². The molecule has 0 aliphatic carbocycles. The first-order valence-corrected chi connectivity index (χ1v) is 5.77. The van der Waals surface area contributed by atoms with E-state index in [9.17, 15) is 4.39 Å². The van der Waals surface area contributed by atoms with Crippen molar-refractivity contribution in [2.45, 2.75) is 6.92 Å². The number of benzene rings is 2. The number of fused-ring (bicyclic) bond motifs is 1.